The maximum Gasteiger partial charge on any atom is 0.316 e. The summed E-state index contributed by atoms with van der Waals surface area (Å²) >= 11 is 0. The van der Waals surface area contributed by atoms with Gasteiger partial charge in [0, 0.05) is 19.5 Å². The van der Waals surface area contributed by atoms with E-state index in [-0.39, 0.29) is 17.9 Å². The Morgan fingerprint density at radius 3 is 2.72 bits per heavy atom. The van der Waals surface area contributed by atoms with Crippen molar-refractivity contribution in [3.8, 4) is 0 Å². The first-order valence-electron chi connectivity index (χ1n) is 11.4. The summed E-state index contributed by atoms with van der Waals surface area (Å²) in [5.41, 5.74) is 4.51. The number of carbonyl (C=O) groups excluding carboxylic acids is 1. The minimum absolute atomic E-state index is 0.0625. The molecule has 176 valence electrons. The maximum absolute atomic E-state index is 12.8. The summed E-state index contributed by atoms with van der Waals surface area (Å²) in [4.78, 5) is 21.5. The minimum atomic E-state index is -2.83. The summed E-state index contributed by atoms with van der Waals surface area (Å²) < 4.78 is 15.1. The number of aryl methyl sites for hydroxylation is 1. The number of allylic oxidation sites excluding steroid dienone is 1. The lowest BCUT2D eigenvalue weighted by Gasteiger charge is -2.21. The van der Waals surface area contributed by atoms with E-state index in [1.807, 2.05) is 6.92 Å². The number of rotatable bonds is 10. The van der Waals surface area contributed by atoms with Crippen molar-refractivity contribution in [1.82, 2.24) is 10.3 Å². The van der Waals surface area contributed by atoms with Gasteiger partial charge in [0.2, 0.25) is 5.91 Å². The van der Waals surface area contributed by atoms with Gasteiger partial charge in [0.25, 0.3) is 0 Å². The lowest BCUT2D eigenvalue weighted by atomic mass is 10.0. The molecule has 2 aliphatic rings. The van der Waals surface area contributed by atoms with E-state index in [0.717, 1.165) is 35.4 Å². The van der Waals surface area contributed by atoms with Crippen molar-refractivity contribution in [1.29, 1.82) is 0 Å². The number of hydrogen-bond acceptors (Lipinski definition) is 5. The average Bonchev–Trinajstić information content (AvgIpc) is 3.30. The highest BCUT2D eigenvalue weighted by Gasteiger charge is 2.58. The fourth-order valence-corrected chi connectivity index (χ4v) is 5.05. The van der Waals surface area contributed by atoms with E-state index in [4.69, 9.17) is 4.89 Å². The van der Waals surface area contributed by atoms with Gasteiger partial charge in [-0.1, -0.05) is 44.7 Å². The largest absolute Gasteiger partial charge is 0.326 e. The van der Waals surface area contributed by atoms with E-state index in [2.05, 4.69) is 59.6 Å². The third-order valence-corrected chi connectivity index (χ3v) is 7.26. The summed E-state index contributed by atoms with van der Waals surface area (Å²) in [5, 5.41) is 9.54. The van der Waals surface area contributed by atoms with Crippen LogP contribution in [0.15, 0.2) is 41.5 Å². The number of fused-ring (bicyclic) bond motifs is 1. The topological polar surface area (TPSA) is 91.2 Å². The molecule has 1 aliphatic carbocycles. The molecule has 7 nitrogen and oxygen atoms in total. The SMILES string of the molecule is C=C1/C(C)=N\N(C(=O)CCc2ccc(CNCCCO[PH](=O)O)cc2)CCC2C1C2(C)C. The standard InChI is InChI=1S/C24H36N3O4P/c1-17-18(2)26-27(14-12-21-23(17)24(21,3)4)22(28)11-10-19-6-8-20(9-7-19)16-25-13-5-15-31-32(29)30/h6-9,21,23,25,32H,1,5,10-16H2,2-4H3,(H,29,30)/b26-18-. The predicted octanol–water partition coefficient (Wildman–Crippen LogP) is 3.93. The van der Waals surface area contributed by atoms with Gasteiger partial charge < -0.3 is 14.7 Å². The van der Waals surface area contributed by atoms with Crippen LogP contribution in [0, 0.1) is 17.3 Å². The Morgan fingerprint density at radius 1 is 1.34 bits per heavy atom. The zero-order valence-electron chi connectivity index (χ0n) is 19.4. The molecule has 0 bridgehead atoms. The summed E-state index contributed by atoms with van der Waals surface area (Å²) in [6, 6.07) is 8.25. The van der Waals surface area contributed by atoms with Gasteiger partial charge in [-0.15, -0.1) is 0 Å². The third-order valence-electron chi connectivity index (χ3n) is 6.80. The Bertz CT molecular complexity index is 882. The number of nitrogens with one attached hydrogen (secondary N) is 1. The van der Waals surface area contributed by atoms with Crippen LogP contribution in [-0.4, -0.2) is 41.2 Å². The van der Waals surface area contributed by atoms with Crippen molar-refractivity contribution in [2.45, 2.75) is 53.0 Å². The minimum Gasteiger partial charge on any atom is -0.326 e. The van der Waals surface area contributed by atoms with Crippen LogP contribution in [0.25, 0.3) is 0 Å². The molecule has 3 atom stereocenters. The highest BCUT2D eigenvalue weighted by molar-refractivity contribution is 7.32. The molecule has 0 radical (unpaired) electrons. The second-order valence-corrected chi connectivity index (χ2v) is 10.2. The van der Waals surface area contributed by atoms with Gasteiger partial charge in [-0.2, -0.15) is 5.10 Å². The van der Waals surface area contributed by atoms with Crippen LogP contribution in [0.5, 0.6) is 0 Å². The number of amides is 1. The van der Waals surface area contributed by atoms with Crippen LogP contribution in [0.3, 0.4) is 0 Å². The summed E-state index contributed by atoms with van der Waals surface area (Å²) in [6.45, 7) is 13.2. The van der Waals surface area contributed by atoms with E-state index in [0.29, 0.717) is 44.2 Å². The average molecular weight is 462 g/mol. The van der Waals surface area contributed by atoms with Crippen molar-refractivity contribution in [2.24, 2.45) is 22.4 Å². The van der Waals surface area contributed by atoms with E-state index >= 15 is 0 Å². The fraction of sp³-hybridized carbons (Fsp3) is 0.583. The zero-order valence-corrected chi connectivity index (χ0v) is 20.4. The van der Waals surface area contributed by atoms with Crippen molar-refractivity contribution in [3.05, 3.63) is 47.5 Å². The van der Waals surface area contributed by atoms with Gasteiger partial charge in [0.1, 0.15) is 0 Å². The zero-order chi connectivity index (χ0) is 23.3. The Kier molecular flexibility index (Phi) is 8.45. The lowest BCUT2D eigenvalue weighted by molar-refractivity contribution is -0.131. The van der Waals surface area contributed by atoms with Crippen LogP contribution in [0.4, 0.5) is 0 Å². The first kappa shape index (κ1) is 24.8. The Hall–Kier alpha value is -1.79. The van der Waals surface area contributed by atoms with Gasteiger partial charge >= 0.3 is 8.25 Å². The summed E-state index contributed by atoms with van der Waals surface area (Å²) in [6.07, 6.45) is 2.79. The van der Waals surface area contributed by atoms with Crippen molar-refractivity contribution >= 4 is 19.9 Å². The molecule has 2 N–H and O–H groups in total. The number of carbonyl (C=O) groups is 1. The Labute approximate surface area is 191 Å². The van der Waals surface area contributed by atoms with Crippen LogP contribution in [0.2, 0.25) is 0 Å². The van der Waals surface area contributed by atoms with Crippen molar-refractivity contribution in [2.75, 3.05) is 19.7 Å². The Morgan fingerprint density at radius 2 is 2.03 bits per heavy atom. The molecule has 0 aromatic heterocycles. The molecule has 32 heavy (non-hydrogen) atoms. The molecule has 0 spiro atoms. The first-order chi connectivity index (χ1) is 15.2. The van der Waals surface area contributed by atoms with Gasteiger partial charge in [-0.25, -0.2) is 5.01 Å². The molecule has 0 saturated heterocycles. The second-order valence-electron chi connectivity index (χ2n) is 9.38. The van der Waals surface area contributed by atoms with Gasteiger partial charge in [0.15, 0.2) is 0 Å². The molecule has 1 heterocycles. The molecule has 1 amide bonds. The maximum atomic E-state index is 12.8. The number of hydrazone groups is 1. The molecular formula is C24H36N3O4P. The lowest BCUT2D eigenvalue weighted by Crippen LogP contribution is -2.30. The normalized spacial score (nSPS) is 24.7. The molecule has 1 fully saturated rings. The monoisotopic (exact) mass is 461 g/mol. The van der Waals surface area contributed by atoms with Crippen LogP contribution < -0.4 is 5.32 Å². The molecule has 1 aromatic carbocycles. The molecule has 1 aromatic rings. The molecule has 3 rings (SSSR count). The van der Waals surface area contributed by atoms with Crippen LogP contribution in [-0.2, 0) is 26.8 Å². The molecule has 1 saturated carbocycles. The molecule has 1 aliphatic heterocycles. The van der Waals surface area contributed by atoms with E-state index in [1.165, 1.54) is 0 Å². The smallest absolute Gasteiger partial charge is 0.316 e. The fourth-order valence-electron chi connectivity index (χ4n) is 4.73. The number of benzene rings is 1. The second kappa shape index (κ2) is 10.9. The highest BCUT2D eigenvalue weighted by Crippen LogP contribution is 2.63. The Balaban J connectivity index is 1.43. The summed E-state index contributed by atoms with van der Waals surface area (Å²) in [7, 11) is -2.83. The molecular weight excluding hydrogens is 425 g/mol. The van der Waals surface area contributed by atoms with E-state index in [9.17, 15) is 9.36 Å². The number of hydrogen-bond donors (Lipinski definition) is 2. The molecule has 8 heteroatoms. The molecule has 3 unspecified atom stereocenters. The highest BCUT2D eigenvalue weighted by atomic mass is 31.1. The summed E-state index contributed by atoms with van der Waals surface area (Å²) in [5.74, 6) is 1.15. The van der Waals surface area contributed by atoms with Crippen LogP contribution in [0.1, 0.15) is 51.2 Å². The van der Waals surface area contributed by atoms with Gasteiger partial charge in [0.05, 0.1) is 12.3 Å². The van der Waals surface area contributed by atoms with Gasteiger partial charge in [-0.05, 0) is 66.7 Å². The van der Waals surface area contributed by atoms with Crippen LogP contribution >= 0.6 is 8.25 Å². The van der Waals surface area contributed by atoms with Crippen molar-refractivity contribution < 1.29 is 18.8 Å². The van der Waals surface area contributed by atoms with Crippen molar-refractivity contribution in [3.63, 3.8) is 0 Å². The van der Waals surface area contributed by atoms with Gasteiger partial charge in [-0.3, -0.25) is 9.36 Å². The number of nitrogens with zero attached hydrogens (tertiary/aromatic N) is 2. The van der Waals surface area contributed by atoms with E-state index < -0.39 is 8.25 Å². The third kappa shape index (κ3) is 6.38. The first-order valence-corrected chi connectivity index (χ1v) is 12.7. The quantitative estimate of drug-likeness (QED) is 0.407. The predicted molar refractivity (Wildman–Crippen MR) is 128 cm³/mol. The van der Waals surface area contributed by atoms with E-state index in [1.54, 1.807) is 5.01 Å².